The van der Waals surface area contributed by atoms with Crippen molar-refractivity contribution in [1.29, 1.82) is 5.26 Å². The van der Waals surface area contributed by atoms with E-state index in [0.717, 1.165) is 94.3 Å². The predicted octanol–water partition coefficient (Wildman–Crippen LogP) is 18.2. The monoisotopic (exact) mass is 996 g/mol. The van der Waals surface area contributed by atoms with Gasteiger partial charge in [0.2, 0.25) is 0 Å². The maximum absolute atomic E-state index is 10.1. The minimum absolute atomic E-state index is 0.543. The van der Waals surface area contributed by atoms with Crippen molar-refractivity contribution >= 4 is 43.6 Å². The Labute approximate surface area is 452 Å². The smallest absolute Gasteiger partial charge is 0.166 e. The van der Waals surface area contributed by atoms with Crippen molar-refractivity contribution in [2.24, 2.45) is 0 Å². The molecule has 14 rings (SSSR count). The normalized spacial score (nSPS) is 11.4. The third-order valence-corrected chi connectivity index (χ3v) is 15.2. The molecule has 0 aliphatic rings. The van der Waals surface area contributed by atoms with E-state index in [1.54, 1.807) is 0 Å². The Morgan fingerprint density at radius 3 is 1.23 bits per heavy atom. The third-order valence-electron chi connectivity index (χ3n) is 15.2. The topological polar surface area (TPSA) is 72.3 Å². The second-order valence-corrected chi connectivity index (χ2v) is 20.1. The minimum Gasteiger partial charge on any atom is -0.309 e. The quantitative estimate of drug-likeness (QED) is 0.144. The summed E-state index contributed by atoms with van der Waals surface area (Å²) in [4.78, 5) is 16.0. The van der Waals surface area contributed by atoms with Crippen molar-refractivity contribution in [1.82, 2.24) is 24.1 Å². The molecule has 0 unspecified atom stereocenters. The van der Waals surface area contributed by atoms with E-state index >= 15 is 0 Å². The first-order valence-corrected chi connectivity index (χ1v) is 26.3. The number of benzene rings is 11. The molecule has 6 nitrogen and oxygen atoms in total. The predicted molar refractivity (Wildman–Crippen MR) is 321 cm³/mol. The van der Waals surface area contributed by atoms with E-state index < -0.39 is 0 Å². The van der Waals surface area contributed by atoms with Crippen LogP contribution in [0.4, 0.5) is 0 Å². The van der Waals surface area contributed by atoms with Gasteiger partial charge in [0.15, 0.2) is 17.5 Å². The highest BCUT2D eigenvalue weighted by Crippen LogP contribution is 2.44. The molecule has 3 aromatic heterocycles. The summed E-state index contributed by atoms with van der Waals surface area (Å²) in [5.41, 5.74) is 20.5. The van der Waals surface area contributed by atoms with Crippen LogP contribution in [0.15, 0.2) is 255 Å². The lowest BCUT2D eigenvalue weighted by Gasteiger charge is -2.19. The molecular weight excluding hydrogens is 949 g/mol. The van der Waals surface area contributed by atoms with Crippen molar-refractivity contribution < 1.29 is 0 Å². The molecule has 0 amide bonds. The molecule has 0 aliphatic heterocycles. The van der Waals surface area contributed by atoms with Crippen molar-refractivity contribution in [3.8, 4) is 96.1 Å². The van der Waals surface area contributed by atoms with Crippen LogP contribution in [0.5, 0.6) is 0 Å². The molecule has 0 aliphatic carbocycles. The van der Waals surface area contributed by atoms with Gasteiger partial charge in [0.25, 0.3) is 0 Å². The maximum atomic E-state index is 10.1. The summed E-state index contributed by atoms with van der Waals surface area (Å²) in [5, 5.41) is 14.7. The molecule has 78 heavy (non-hydrogen) atoms. The van der Waals surface area contributed by atoms with Gasteiger partial charge in [-0.05, 0) is 126 Å². The van der Waals surface area contributed by atoms with Crippen LogP contribution in [0.1, 0.15) is 16.7 Å². The Morgan fingerprint density at radius 2 is 0.692 bits per heavy atom. The lowest BCUT2D eigenvalue weighted by Crippen LogP contribution is -2.04. The zero-order chi connectivity index (χ0) is 52.3. The number of fused-ring (bicyclic) bond motifs is 6. The summed E-state index contributed by atoms with van der Waals surface area (Å²) >= 11 is 0. The van der Waals surface area contributed by atoms with Crippen LogP contribution >= 0.6 is 0 Å². The van der Waals surface area contributed by atoms with Crippen LogP contribution in [0.25, 0.3) is 134 Å². The van der Waals surface area contributed by atoms with Crippen molar-refractivity contribution in [2.75, 3.05) is 0 Å². The molecule has 14 aromatic rings. The number of aromatic nitrogens is 5. The average Bonchev–Trinajstić information content (AvgIpc) is 4.22. The molecule has 0 saturated carbocycles. The average molecular weight is 997 g/mol. The molecule has 0 bridgehead atoms. The number of hydrogen-bond donors (Lipinski definition) is 0. The van der Waals surface area contributed by atoms with E-state index in [0.29, 0.717) is 23.0 Å². The molecule has 11 aromatic carbocycles. The van der Waals surface area contributed by atoms with Gasteiger partial charge in [0.1, 0.15) is 0 Å². The van der Waals surface area contributed by atoms with Crippen molar-refractivity contribution in [2.45, 2.75) is 13.8 Å². The van der Waals surface area contributed by atoms with Gasteiger partial charge in [-0.25, -0.2) is 15.0 Å². The first-order valence-electron chi connectivity index (χ1n) is 26.3. The van der Waals surface area contributed by atoms with Gasteiger partial charge in [0.05, 0.1) is 45.1 Å². The van der Waals surface area contributed by atoms with Crippen LogP contribution < -0.4 is 0 Å². The summed E-state index contributed by atoms with van der Waals surface area (Å²) in [7, 11) is 0. The highest BCUT2D eigenvalue weighted by Gasteiger charge is 2.23. The Morgan fingerprint density at radius 1 is 0.295 bits per heavy atom. The van der Waals surface area contributed by atoms with E-state index in [1.807, 2.05) is 54.6 Å². The lowest BCUT2D eigenvalue weighted by atomic mass is 9.94. The van der Waals surface area contributed by atoms with Crippen LogP contribution in [0.2, 0.25) is 0 Å². The van der Waals surface area contributed by atoms with Crippen LogP contribution in [-0.4, -0.2) is 24.1 Å². The number of rotatable bonds is 9. The van der Waals surface area contributed by atoms with E-state index in [4.69, 9.17) is 15.0 Å². The lowest BCUT2D eigenvalue weighted by molar-refractivity contribution is 1.06. The Bertz CT molecular complexity index is 4620. The molecule has 0 fully saturated rings. The number of hydrogen-bond acceptors (Lipinski definition) is 4. The van der Waals surface area contributed by atoms with E-state index in [9.17, 15) is 5.26 Å². The molecule has 0 spiro atoms. The summed E-state index contributed by atoms with van der Waals surface area (Å²) in [6, 6.07) is 92.5. The molecule has 3 heterocycles. The molecule has 0 saturated heterocycles. The summed E-state index contributed by atoms with van der Waals surface area (Å²) < 4.78 is 4.78. The summed E-state index contributed by atoms with van der Waals surface area (Å²) in [6.45, 7) is 4.25. The minimum atomic E-state index is 0.543. The second kappa shape index (κ2) is 19.0. The van der Waals surface area contributed by atoms with E-state index in [2.05, 4.69) is 229 Å². The molecule has 0 radical (unpaired) electrons. The van der Waals surface area contributed by atoms with Crippen LogP contribution in [0.3, 0.4) is 0 Å². The maximum Gasteiger partial charge on any atom is 0.166 e. The van der Waals surface area contributed by atoms with E-state index in [1.165, 1.54) is 33.0 Å². The number of aryl methyl sites for hydroxylation is 2. The standard InChI is InChI=1S/C72H48N6/c1-46-24-28-49(29-25-46)54-32-37-67-61(42-54)58-20-9-11-22-64(58)77(67)66-36-34-56(53-19-13-14-48(40-53)45-73)41-60(66)57-35-39-69(63(44-57)72-75-70(51-15-5-3-6-16-51)74-71(76-72)52-17-7-4-8-18-52)78-65-23-12-10-21-59(65)62-43-55(33-38-68(62)78)50-30-26-47(2)27-31-50/h3-44H,1-2H3. The number of para-hydroxylation sites is 2. The van der Waals surface area contributed by atoms with Gasteiger partial charge in [-0.3, -0.25) is 0 Å². The first kappa shape index (κ1) is 46.1. The SMILES string of the molecule is Cc1ccc(-c2ccc3c(c2)c2ccccc2n3-c2ccc(-c3cccc(C#N)c3)cc2-c2ccc(-n3c4ccccc4c4cc(-c5ccc(C)cc5)ccc43)c(-c3nc(-c4ccccc4)nc(-c4ccccc4)n3)c2)cc1. The van der Waals surface area contributed by atoms with Gasteiger partial charge in [-0.15, -0.1) is 0 Å². The van der Waals surface area contributed by atoms with E-state index in [-0.39, 0.29) is 0 Å². The highest BCUT2D eigenvalue weighted by molar-refractivity contribution is 6.12. The van der Waals surface area contributed by atoms with Crippen LogP contribution in [0, 0.1) is 25.2 Å². The number of nitrogens with zero attached hydrogens (tertiary/aromatic N) is 6. The Hall–Kier alpha value is -10.5. The molecule has 6 heteroatoms. The Balaban J connectivity index is 1.06. The first-order chi connectivity index (χ1) is 38.4. The van der Waals surface area contributed by atoms with Gasteiger partial charge in [0, 0.05) is 43.8 Å². The second-order valence-electron chi connectivity index (χ2n) is 20.1. The summed E-state index contributed by atoms with van der Waals surface area (Å²) in [5.74, 6) is 1.70. The largest absolute Gasteiger partial charge is 0.309 e. The van der Waals surface area contributed by atoms with Crippen molar-refractivity contribution in [3.63, 3.8) is 0 Å². The molecular formula is C72H48N6. The van der Waals surface area contributed by atoms with Gasteiger partial charge < -0.3 is 9.13 Å². The number of nitriles is 1. The fraction of sp³-hybridized carbons (Fsp3) is 0.0278. The molecule has 0 N–H and O–H groups in total. The molecule has 366 valence electrons. The van der Waals surface area contributed by atoms with Crippen molar-refractivity contribution in [3.05, 3.63) is 271 Å². The zero-order valence-corrected chi connectivity index (χ0v) is 42.9. The fourth-order valence-electron chi connectivity index (χ4n) is 11.2. The van der Waals surface area contributed by atoms with Gasteiger partial charge in [-0.2, -0.15) is 5.26 Å². The third kappa shape index (κ3) is 8.10. The Kier molecular flexibility index (Phi) is 11.2. The molecule has 0 atom stereocenters. The fourth-order valence-corrected chi connectivity index (χ4v) is 11.2. The zero-order valence-electron chi connectivity index (χ0n) is 42.9. The van der Waals surface area contributed by atoms with Gasteiger partial charge in [-0.1, -0.05) is 193 Å². The van der Waals surface area contributed by atoms with Gasteiger partial charge >= 0.3 is 0 Å². The van der Waals surface area contributed by atoms with Crippen LogP contribution in [-0.2, 0) is 0 Å². The highest BCUT2D eigenvalue weighted by atomic mass is 15.1. The summed E-state index contributed by atoms with van der Waals surface area (Å²) in [6.07, 6.45) is 0.